The highest BCUT2D eigenvalue weighted by molar-refractivity contribution is 7.20. The molecule has 0 bridgehead atoms. The van der Waals surface area contributed by atoms with E-state index < -0.39 is 11.2 Å². The van der Waals surface area contributed by atoms with Gasteiger partial charge in [0.15, 0.2) is 0 Å². The molecule has 3 aromatic rings. The van der Waals surface area contributed by atoms with Gasteiger partial charge < -0.3 is 34.1 Å². The molecular weight excluding hydrogens is 542 g/mol. The third kappa shape index (κ3) is 6.14. The van der Waals surface area contributed by atoms with Gasteiger partial charge in [-0.1, -0.05) is 37.5 Å². The molecule has 2 aliphatic rings. The predicted octanol–water partition coefficient (Wildman–Crippen LogP) is 6.42. The second kappa shape index (κ2) is 13.1. The number of hydrogen-bond acceptors (Lipinski definition) is 10. The fourth-order valence-corrected chi connectivity index (χ4v) is 6.96. The molecular formula is C31H37N3O6S. The Morgan fingerprint density at radius 3 is 2.68 bits per heavy atom. The number of anilines is 1. The fourth-order valence-electron chi connectivity index (χ4n) is 5.81. The maximum absolute atomic E-state index is 14.0. The Bertz CT molecular complexity index is 1360. The van der Waals surface area contributed by atoms with Crippen LogP contribution in [0.2, 0.25) is 0 Å². The van der Waals surface area contributed by atoms with Crippen LogP contribution in [0.15, 0.2) is 41.1 Å². The first-order valence-corrected chi connectivity index (χ1v) is 15.0. The lowest BCUT2D eigenvalue weighted by molar-refractivity contribution is -0.114. The summed E-state index contributed by atoms with van der Waals surface area (Å²) in [6, 6.07) is 7.77. The van der Waals surface area contributed by atoms with Crippen molar-refractivity contribution in [2.75, 3.05) is 32.2 Å². The van der Waals surface area contributed by atoms with E-state index in [1.165, 1.54) is 17.6 Å². The maximum Gasteiger partial charge on any atom is 0.236 e. The van der Waals surface area contributed by atoms with Gasteiger partial charge >= 0.3 is 0 Å². The molecule has 5 rings (SSSR count). The second-order valence-electron chi connectivity index (χ2n) is 10.7. The predicted molar refractivity (Wildman–Crippen MR) is 157 cm³/mol. The quantitative estimate of drug-likeness (QED) is 0.143. The molecule has 0 radical (unpaired) electrons. The van der Waals surface area contributed by atoms with E-state index in [0.717, 1.165) is 49.7 Å². The van der Waals surface area contributed by atoms with Crippen LogP contribution in [0.25, 0.3) is 10.8 Å². The van der Waals surface area contributed by atoms with Crippen molar-refractivity contribution in [3.8, 4) is 16.5 Å². The van der Waals surface area contributed by atoms with Crippen LogP contribution in [0.1, 0.15) is 72.5 Å². The number of rotatable bonds is 12. The third-order valence-electron chi connectivity index (χ3n) is 8.16. The van der Waals surface area contributed by atoms with Crippen molar-refractivity contribution < 1.29 is 28.2 Å². The molecule has 2 N–H and O–H groups in total. The Kier molecular flexibility index (Phi) is 9.32. The molecule has 41 heavy (non-hydrogen) atoms. The number of Topliss-reactive ketones (excluding diaryl/α,β-unsaturated/α-hetero) is 1. The van der Waals surface area contributed by atoms with E-state index in [1.807, 2.05) is 31.2 Å². The van der Waals surface area contributed by atoms with Crippen molar-refractivity contribution in [1.29, 1.82) is 5.41 Å². The molecule has 9 nitrogen and oxygen atoms in total. The van der Waals surface area contributed by atoms with Crippen molar-refractivity contribution in [2.45, 2.75) is 64.1 Å². The number of carbonyl (C=O) groups is 2. The smallest absolute Gasteiger partial charge is 0.236 e. The van der Waals surface area contributed by atoms with Gasteiger partial charge in [-0.2, -0.15) is 0 Å². The summed E-state index contributed by atoms with van der Waals surface area (Å²) in [6.45, 7) is 3.50. The zero-order valence-electron chi connectivity index (χ0n) is 23.6. The monoisotopic (exact) mass is 579 g/mol. The minimum Gasteiger partial charge on any atom is -0.496 e. The van der Waals surface area contributed by atoms with Crippen LogP contribution in [0.5, 0.6) is 5.75 Å². The topological polar surface area (TPSA) is 124 Å². The number of para-hydroxylation sites is 1. The van der Waals surface area contributed by atoms with Gasteiger partial charge in [0.2, 0.25) is 11.7 Å². The van der Waals surface area contributed by atoms with Crippen LogP contribution < -0.4 is 10.1 Å². The van der Waals surface area contributed by atoms with Gasteiger partial charge in [0.25, 0.3) is 0 Å². The first-order valence-electron chi connectivity index (χ1n) is 14.2. The maximum atomic E-state index is 14.0. The highest BCUT2D eigenvalue weighted by atomic mass is 32.1. The SMILES string of the molecule is COc1ccccc1C(CNc1sc(-c2ncco2)c(C)c1C(=O)C(=N)C1(C=O)CCCCC1)OC1CCOCC1. The minimum atomic E-state index is -1.05. The lowest BCUT2D eigenvalue weighted by Gasteiger charge is -2.32. The molecule has 1 saturated carbocycles. The fraction of sp³-hybridized carbons (Fsp3) is 0.484. The second-order valence-corrected chi connectivity index (χ2v) is 11.7. The zero-order valence-corrected chi connectivity index (χ0v) is 24.4. The van der Waals surface area contributed by atoms with Crippen LogP contribution in [-0.2, 0) is 14.3 Å². The van der Waals surface area contributed by atoms with Crippen LogP contribution in [-0.4, -0.2) is 55.7 Å². The summed E-state index contributed by atoms with van der Waals surface area (Å²) in [5, 5.41) is 13.0. The van der Waals surface area contributed by atoms with Crippen molar-refractivity contribution in [1.82, 2.24) is 4.98 Å². The van der Waals surface area contributed by atoms with Crippen LogP contribution in [0.4, 0.5) is 5.00 Å². The first kappa shape index (κ1) is 29.2. The standard InChI is InChI=1S/C31H37N3O6S/c1-20-25(26(36)28(32)31(19-35)12-6-3-7-13-31)30(41-27(20)29-33-14-17-39-29)34-18-24(40-21-10-15-38-16-11-21)22-8-4-5-9-23(22)37-2/h4-5,8-9,14,17,19,21,24,32,34H,3,6-7,10-13,15-16,18H2,1-2H3. The summed E-state index contributed by atoms with van der Waals surface area (Å²) in [6.07, 6.45) is 8.83. The van der Waals surface area contributed by atoms with E-state index in [-0.39, 0.29) is 17.9 Å². The van der Waals surface area contributed by atoms with E-state index in [1.54, 1.807) is 13.3 Å². The molecule has 1 aliphatic carbocycles. The molecule has 0 amide bonds. The number of nitrogens with zero attached hydrogens (tertiary/aromatic N) is 1. The molecule has 0 spiro atoms. The van der Waals surface area contributed by atoms with Crippen molar-refractivity contribution in [3.63, 3.8) is 0 Å². The summed E-state index contributed by atoms with van der Waals surface area (Å²) in [7, 11) is 1.64. The van der Waals surface area contributed by atoms with Gasteiger partial charge in [-0.25, -0.2) is 4.98 Å². The Labute approximate surface area is 244 Å². The first-order chi connectivity index (χ1) is 20.0. The zero-order chi connectivity index (χ0) is 28.8. The number of methoxy groups -OCH3 is 1. The average Bonchev–Trinajstić information content (AvgIpc) is 3.67. The van der Waals surface area contributed by atoms with E-state index in [4.69, 9.17) is 24.0 Å². The Morgan fingerprint density at radius 1 is 1.24 bits per heavy atom. The number of oxazole rings is 1. The number of benzene rings is 1. The highest BCUT2D eigenvalue weighted by Gasteiger charge is 2.41. The van der Waals surface area contributed by atoms with Crippen LogP contribution in [0.3, 0.4) is 0 Å². The lowest BCUT2D eigenvalue weighted by Crippen LogP contribution is -2.39. The summed E-state index contributed by atoms with van der Waals surface area (Å²) >= 11 is 1.36. The summed E-state index contributed by atoms with van der Waals surface area (Å²) in [5.74, 6) is 0.688. The summed E-state index contributed by atoms with van der Waals surface area (Å²) < 4.78 is 23.4. The van der Waals surface area contributed by atoms with Crippen molar-refractivity contribution >= 4 is 34.1 Å². The molecule has 3 heterocycles. The molecule has 1 aliphatic heterocycles. The lowest BCUT2D eigenvalue weighted by atomic mass is 9.70. The van der Waals surface area contributed by atoms with Gasteiger partial charge in [-0.3, -0.25) is 4.79 Å². The van der Waals surface area contributed by atoms with E-state index in [9.17, 15) is 9.59 Å². The molecule has 2 fully saturated rings. The summed E-state index contributed by atoms with van der Waals surface area (Å²) in [4.78, 5) is 31.3. The molecule has 1 saturated heterocycles. The highest BCUT2D eigenvalue weighted by Crippen LogP contribution is 2.43. The van der Waals surface area contributed by atoms with Gasteiger partial charge in [-0.15, -0.1) is 11.3 Å². The van der Waals surface area contributed by atoms with Crippen molar-refractivity contribution in [3.05, 3.63) is 53.4 Å². The van der Waals surface area contributed by atoms with Gasteiger partial charge in [-0.05, 0) is 44.2 Å². The van der Waals surface area contributed by atoms with Gasteiger partial charge in [0.1, 0.15) is 29.4 Å². The number of aromatic nitrogens is 1. The average molecular weight is 580 g/mol. The number of hydrogen-bond donors (Lipinski definition) is 2. The number of thiophene rings is 1. The number of nitrogens with one attached hydrogen (secondary N) is 2. The Hall–Kier alpha value is -3.34. The minimum absolute atomic E-state index is 0.0291. The molecule has 10 heteroatoms. The normalized spacial score (nSPS) is 18.0. The number of carbonyl (C=O) groups excluding carboxylic acids is 2. The van der Waals surface area contributed by atoms with Gasteiger partial charge in [0, 0.05) is 25.3 Å². The van der Waals surface area contributed by atoms with Crippen LogP contribution >= 0.6 is 11.3 Å². The number of ether oxygens (including phenoxy) is 3. The van der Waals surface area contributed by atoms with E-state index in [2.05, 4.69) is 10.3 Å². The molecule has 2 aromatic heterocycles. The molecule has 1 unspecified atom stereocenters. The number of aldehydes is 1. The van der Waals surface area contributed by atoms with Crippen LogP contribution in [0, 0.1) is 17.7 Å². The molecule has 1 atom stereocenters. The molecule has 218 valence electrons. The number of ketones is 1. The Morgan fingerprint density at radius 2 is 2.00 bits per heavy atom. The largest absolute Gasteiger partial charge is 0.496 e. The summed E-state index contributed by atoms with van der Waals surface area (Å²) in [5.41, 5.74) is 0.763. The molecule has 1 aromatic carbocycles. The third-order valence-corrected chi connectivity index (χ3v) is 9.39. The van der Waals surface area contributed by atoms with E-state index >= 15 is 0 Å². The van der Waals surface area contributed by atoms with E-state index in [0.29, 0.717) is 59.5 Å². The Balaban J connectivity index is 1.48. The van der Waals surface area contributed by atoms with Crippen molar-refractivity contribution in [2.24, 2.45) is 5.41 Å². The van der Waals surface area contributed by atoms with Gasteiger partial charge in [0.05, 0.1) is 41.0 Å².